The number of benzene rings is 1. The molecular formula is C17H18ClN3O2. The third-order valence-electron chi connectivity index (χ3n) is 3.42. The van der Waals surface area contributed by atoms with Gasteiger partial charge in [0.05, 0.1) is 0 Å². The van der Waals surface area contributed by atoms with Gasteiger partial charge in [-0.3, -0.25) is 14.6 Å². The Balaban J connectivity index is 1.98. The molecule has 0 aliphatic heterocycles. The maximum atomic E-state index is 12.4. The van der Waals surface area contributed by atoms with Gasteiger partial charge in [0.2, 0.25) is 11.8 Å². The first-order chi connectivity index (χ1) is 10.9. The Labute approximate surface area is 140 Å². The number of rotatable bonds is 5. The molecular weight excluding hydrogens is 314 g/mol. The van der Waals surface area contributed by atoms with E-state index >= 15 is 0 Å². The van der Waals surface area contributed by atoms with Crippen LogP contribution in [0, 0.1) is 5.41 Å². The quantitative estimate of drug-likeness (QED) is 0.827. The summed E-state index contributed by atoms with van der Waals surface area (Å²) in [5, 5.41) is 5.99. The van der Waals surface area contributed by atoms with Crippen LogP contribution < -0.4 is 10.6 Å². The summed E-state index contributed by atoms with van der Waals surface area (Å²) < 4.78 is 0. The van der Waals surface area contributed by atoms with Crippen LogP contribution in [0.5, 0.6) is 0 Å². The maximum absolute atomic E-state index is 12.4. The second-order valence-corrected chi connectivity index (χ2v) is 6.06. The number of nitrogens with zero attached hydrogens (tertiary/aromatic N) is 1. The van der Waals surface area contributed by atoms with E-state index in [-0.39, 0.29) is 5.91 Å². The highest BCUT2D eigenvalue weighted by atomic mass is 35.5. The molecule has 0 unspecified atom stereocenters. The van der Waals surface area contributed by atoms with Gasteiger partial charge in [0, 0.05) is 29.6 Å². The summed E-state index contributed by atoms with van der Waals surface area (Å²) in [6.45, 7) is 3.50. The summed E-state index contributed by atoms with van der Waals surface area (Å²) in [5.74, 6) is -0.749. The normalized spacial score (nSPS) is 10.9. The first-order valence-corrected chi connectivity index (χ1v) is 7.51. The van der Waals surface area contributed by atoms with Gasteiger partial charge in [-0.2, -0.15) is 0 Å². The van der Waals surface area contributed by atoms with Crippen LogP contribution in [0.4, 0.5) is 5.69 Å². The third kappa shape index (κ3) is 4.53. The van der Waals surface area contributed by atoms with E-state index in [2.05, 4.69) is 15.6 Å². The Morgan fingerprint density at radius 2 is 1.83 bits per heavy atom. The van der Waals surface area contributed by atoms with E-state index in [9.17, 15) is 9.59 Å². The molecule has 0 bridgehead atoms. The van der Waals surface area contributed by atoms with Gasteiger partial charge in [-0.15, -0.1) is 0 Å². The molecule has 2 N–H and O–H groups in total. The molecule has 23 heavy (non-hydrogen) atoms. The predicted molar refractivity (Wildman–Crippen MR) is 89.9 cm³/mol. The zero-order chi connectivity index (χ0) is 16.9. The lowest BCUT2D eigenvalue weighted by Crippen LogP contribution is -2.44. The highest BCUT2D eigenvalue weighted by Gasteiger charge is 2.35. The largest absolute Gasteiger partial charge is 0.351 e. The third-order valence-corrected chi connectivity index (χ3v) is 3.66. The first-order valence-electron chi connectivity index (χ1n) is 7.14. The number of amides is 2. The molecule has 1 heterocycles. The molecule has 0 aliphatic carbocycles. The van der Waals surface area contributed by atoms with Crippen molar-refractivity contribution in [1.82, 2.24) is 10.3 Å². The fourth-order valence-corrected chi connectivity index (χ4v) is 2.05. The second-order valence-electron chi connectivity index (χ2n) is 5.63. The topological polar surface area (TPSA) is 71.1 Å². The number of aromatic nitrogens is 1. The van der Waals surface area contributed by atoms with Crippen LogP contribution in [0.3, 0.4) is 0 Å². The van der Waals surface area contributed by atoms with Gasteiger partial charge < -0.3 is 10.6 Å². The number of hydrogen-bond acceptors (Lipinski definition) is 3. The summed E-state index contributed by atoms with van der Waals surface area (Å²) in [4.78, 5) is 28.6. The van der Waals surface area contributed by atoms with Gasteiger partial charge in [-0.1, -0.05) is 17.7 Å². The van der Waals surface area contributed by atoms with Crippen molar-refractivity contribution in [3.8, 4) is 0 Å². The number of carbonyl (C=O) groups is 2. The molecule has 0 spiro atoms. The number of hydrogen-bond donors (Lipinski definition) is 2. The first kappa shape index (κ1) is 17.0. The second kappa shape index (κ2) is 7.24. The van der Waals surface area contributed by atoms with Crippen LogP contribution >= 0.6 is 11.6 Å². The highest BCUT2D eigenvalue weighted by Crippen LogP contribution is 2.21. The Morgan fingerprint density at radius 1 is 1.13 bits per heavy atom. The van der Waals surface area contributed by atoms with Crippen molar-refractivity contribution in [3.63, 3.8) is 0 Å². The van der Waals surface area contributed by atoms with Crippen molar-refractivity contribution in [2.75, 3.05) is 5.32 Å². The molecule has 0 aliphatic rings. The fraction of sp³-hybridized carbons (Fsp3) is 0.235. The van der Waals surface area contributed by atoms with E-state index in [1.165, 1.54) is 0 Å². The van der Waals surface area contributed by atoms with E-state index in [1.807, 2.05) is 0 Å². The Morgan fingerprint density at radius 3 is 2.48 bits per heavy atom. The van der Waals surface area contributed by atoms with Gasteiger partial charge in [-0.05, 0) is 49.7 Å². The van der Waals surface area contributed by atoms with Crippen molar-refractivity contribution in [2.24, 2.45) is 5.41 Å². The number of pyridine rings is 1. The van der Waals surface area contributed by atoms with Crippen molar-refractivity contribution in [1.29, 1.82) is 0 Å². The van der Waals surface area contributed by atoms with E-state index in [0.29, 0.717) is 17.3 Å². The van der Waals surface area contributed by atoms with Crippen molar-refractivity contribution >= 4 is 29.1 Å². The van der Waals surface area contributed by atoms with Crippen LogP contribution in [0.1, 0.15) is 19.4 Å². The van der Waals surface area contributed by atoms with Gasteiger partial charge in [0.1, 0.15) is 5.41 Å². The van der Waals surface area contributed by atoms with E-state index in [4.69, 9.17) is 11.6 Å². The highest BCUT2D eigenvalue weighted by molar-refractivity contribution is 6.31. The SMILES string of the molecule is CC(C)(C(=O)NCc1ccncc1)C(=O)Nc1cccc(Cl)c1. The zero-order valence-electron chi connectivity index (χ0n) is 13.0. The summed E-state index contributed by atoms with van der Waals surface area (Å²) >= 11 is 5.89. The predicted octanol–water partition coefficient (Wildman–Crippen LogP) is 3.02. The van der Waals surface area contributed by atoms with Crippen molar-refractivity contribution in [3.05, 3.63) is 59.4 Å². The number of nitrogens with one attached hydrogen (secondary N) is 2. The van der Waals surface area contributed by atoms with Gasteiger partial charge in [-0.25, -0.2) is 0 Å². The molecule has 120 valence electrons. The Kier molecular flexibility index (Phi) is 5.34. The zero-order valence-corrected chi connectivity index (χ0v) is 13.7. The minimum Gasteiger partial charge on any atom is -0.351 e. The summed E-state index contributed by atoms with van der Waals surface area (Å²) in [5.41, 5.74) is 0.256. The average Bonchev–Trinajstić information content (AvgIpc) is 2.53. The smallest absolute Gasteiger partial charge is 0.239 e. The molecule has 0 radical (unpaired) electrons. The van der Waals surface area contributed by atoms with Crippen LogP contribution in [-0.4, -0.2) is 16.8 Å². The molecule has 1 aromatic carbocycles. The molecule has 2 amide bonds. The van der Waals surface area contributed by atoms with E-state index in [0.717, 1.165) is 5.56 Å². The van der Waals surface area contributed by atoms with Crippen molar-refractivity contribution < 1.29 is 9.59 Å². The fourth-order valence-electron chi connectivity index (χ4n) is 1.86. The van der Waals surface area contributed by atoms with Gasteiger partial charge in [0.15, 0.2) is 0 Å². The van der Waals surface area contributed by atoms with Crippen LogP contribution in [0.25, 0.3) is 0 Å². The minimum atomic E-state index is -1.21. The van der Waals surface area contributed by atoms with Crippen LogP contribution in [0.2, 0.25) is 5.02 Å². The number of carbonyl (C=O) groups excluding carboxylic acids is 2. The maximum Gasteiger partial charge on any atom is 0.239 e. The lowest BCUT2D eigenvalue weighted by atomic mass is 9.91. The molecule has 0 atom stereocenters. The average molecular weight is 332 g/mol. The molecule has 0 fully saturated rings. The molecule has 1 aromatic heterocycles. The summed E-state index contributed by atoms with van der Waals surface area (Å²) in [6.07, 6.45) is 3.30. The van der Waals surface area contributed by atoms with Crippen molar-refractivity contribution in [2.45, 2.75) is 20.4 Å². The lowest BCUT2D eigenvalue weighted by molar-refractivity contribution is -0.138. The van der Waals surface area contributed by atoms with Gasteiger partial charge >= 0.3 is 0 Å². The molecule has 5 nitrogen and oxygen atoms in total. The number of anilines is 1. The Hall–Kier alpha value is -2.40. The lowest BCUT2D eigenvalue weighted by Gasteiger charge is -2.22. The van der Waals surface area contributed by atoms with Gasteiger partial charge in [0.25, 0.3) is 0 Å². The minimum absolute atomic E-state index is 0.342. The van der Waals surface area contributed by atoms with Crippen LogP contribution in [0.15, 0.2) is 48.8 Å². The number of halogens is 1. The van der Waals surface area contributed by atoms with Crippen LogP contribution in [-0.2, 0) is 16.1 Å². The molecule has 6 heteroatoms. The monoisotopic (exact) mass is 331 g/mol. The molecule has 2 aromatic rings. The van der Waals surface area contributed by atoms with E-state index in [1.54, 1.807) is 62.6 Å². The molecule has 2 rings (SSSR count). The molecule has 0 saturated heterocycles. The standard InChI is InChI=1S/C17H18ClN3O2/c1-17(2,15(22)20-11-12-6-8-19-9-7-12)16(23)21-14-5-3-4-13(18)10-14/h3-10H,11H2,1-2H3,(H,20,22)(H,21,23). The summed E-state index contributed by atoms with van der Waals surface area (Å²) in [7, 11) is 0. The molecule has 0 saturated carbocycles. The Bertz CT molecular complexity index is 702. The van der Waals surface area contributed by atoms with E-state index < -0.39 is 11.3 Å². The summed E-state index contributed by atoms with van der Waals surface area (Å²) in [6, 6.07) is 10.4.